The van der Waals surface area contributed by atoms with Crippen LogP contribution in [0.5, 0.6) is 0 Å². The zero-order valence-electron chi connectivity index (χ0n) is 9.67. The summed E-state index contributed by atoms with van der Waals surface area (Å²) in [5.41, 5.74) is 1.57. The van der Waals surface area contributed by atoms with E-state index < -0.39 is 0 Å². The summed E-state index contributed by atoms with van der Waals surface area (Å²) in [6.07, 6.45) is 3.89. The van der Waals surface area contributed by atoms with Crippen molar-refractivity contribution in [2.24, 2.45) is 4.99 Å². The summed E-state index contributed by atoms with van der Waals surface area (Å²) in [5, 5.41) is 6.29. The lowest BCUT2D eigenvalue weighted by molar-refractivity contribution is 0.874. The number of nitrogens with zero attached hydrogens (tertiary/aromatic N) is 1. The van der Waals surface area contributed by atoms with Gasteiger partial charge in [0.1, 0.15) is 0 Å². The molecule has 1 aliphatic rings. The normalized spacial score (nSPS) is 14.2. The molecule has 1 aliphatic carbocycles. The van der Waals surface area contributed by atoms with Crippen LogP contribution in [0, 0.1) is 0 Å². The quantitative estimate of drug-likeness (QED) is 0.487. The van der Waals surface area contributed by atoms with Crippen molar-refractivity contribution in [3.8, 4) is 0 Å². The van der Waals surface area contributed by atoms with Crippen LogP contribution >= 0.6 is 35.3 Å². The molecule has 0 radical (unpaired) electrons. The molecule has 0 aromatic carbocycles. The summed E-state index contributed by atoms with van der Waals surface area (Å²) in [4.78, 5) is 7.09. The van der Waals surface area contributed by atoms with E-state index in [0.29, 0.717) is 0 Å². The molecule has 0 atom stereocenters. The van der Waals surface area contributed by atoms with E-state index in [4.69, 9.17) is 0 Å². The minimum Gasteiger partial charge on any atom is -0.359 e. The Kier molecular flexibility index (Phi) is 5.54. The second kappa shape index (κ2) is 6.44. The van der Waals surface area contributed by atoms with Gasteiger partial charge >= 0.3 is 0 Å². The molecule has 0 unspecified atom stereocenters. The van der Waals surface area contributed by atoms with Gasteiger partial charge in [-0.3, -0.25) is 4.99 Å². The maximum Gasteiger partial charge on any atom is 0.191 e. The number of rotatable bonds is 2. The smallest absolute Gasteiger partial charge is 0.191 e. The van der Waals surface area contributed by atoms with Gasteiger partial charge < -0.3 is 10.6 Å². The number of aryl methyl sites for hydroxylation is 2. The molecule has 0 bridgehead atoms. The predicted molar refractivity (Wildman–Crippen MR) is 81.0 cm³/mol. The average Bonchev–Trinajstić information content (AvgIpc) is 2.79. The Hall–Kier alpha value is -0.300. The van der Waals surface area contributed by atoms with Gasteiger partial charge in [-0.1, -0.05) is 0 Å². The molecule has 0 spiro atoms. The van der Waals surface area contributed by atoms with Crippen LogP contribution in [-0.2, 0) is 19.4 Å². The first-order valence-corrected chi connectivity index (χ1v) is 6.14. The van der Waals surface area contributed by atoms with Crippen molar-refractivity contribution in [1.29, 1.82) is 0 Å². The number of hydrogen-bond acceptors (Lipinski definition) is 2. The van der Waals surface area contributed by atoms with Crippen LogP contribution in [0.15, 0.2) is 11.1 Å². The third-order valence-electron chi connectivity index (χ3n) is 2.69. The average molecular weight is 351 g/mol. The highest BCUT2D eigenvalue weighted by atomic mass is 127. The number of hydrogen-bond donors (Lipinski definition) is 2. The molecule has 1 heterocycles. The lowest BCUT2D eigenvalue weighted by Crippen LogP contribution is -2.33. The molecule has 2 rings (SSSR count). The predicted octanol–water partition coefficient (Wildman–Crippen LogP) is 2.15. The Bertz CT molecular complexity index is 352. The number of guanidine groups is 1. The van der Waals surface area contributed by atoms with Crippen molar-refractivity contribution in [2.45, 2.75) is 25.8 Å². The van der Waals surface area contributed by atoms with Gasteiger partial charge in [-0.25, -0.2) is 0 Å². The second-order valence-electron chi connectivity index (χ2n) is 3.69. The van der Waals surface area contributed by atoms with Crippen molar-refractivity contribution in [1.82, 2.24) is 10.6 Å². The largest absolute Gasteiger partial charge is 0.359 e. The van der Waals surface area contributed by atoms with Crippen LogP contribution in [0.25, 0.3) is 0 Å². The Morgan fingerprint density at radius 1 is 1.50 bits per heavy atom. The van der Waals surface area contributed by atoms with Gasteiger partial charge in [0.25, 0.3) is 0 Å². The third-order valence-corrected chi connectivity index (χ3v) is 3.93. The highest BCUT2D eigenvalue weighted by Gasteiger charge is 2.14. The molecule has 5 heteroatoms. The zero-order chi connectivity index (χ0) is 10.7. The highest BCUT2D eigenvalue weighted by molar-refractivity contribution is 14.0. The Balaban J connectivity index is 0.00000128. The van der Waals surface area contributed by atoms with E-state index in [2.05, 4.69) is 21.7 Å². The van der Waals surface area contributed by atoms with Crippen molar-refractivity contribution >= 4 is 41.3 Å². The number of thiophene rings is 1. The summed E-state index contributed by atoms with van der Waals surface area (Å²) in [7, 11) is 3.66. The van der Waals surface area contributed by atoms with Gasteiger partial charge in [0.15, 0.2) is 5.96 Å². The van der Waals surface area contributed by atoms with Crippen LogP contribution in [0.1, 0.15) is 21.7 Å². The molecule has 0 aliphatic heterocycles. The molecule has 2 N–H and O–H groups in total. The van der Waals surface area contributed by atoms with E-state index in [-0.39, 0.29) is 24.0 Å². The SMILES string of the molecule is CN=C(NC)NCc1cc2c(s1)CCC2.I. The molecular weight excluding hydrogens is 333 g/mol. The van der Waals surface area contributed by atoms with Crippen LogP contribution in [0.2, 0.25) is 0 Å². The van der Waals surface area contributed by atoms with E-state index in [0.717, 1.165) is 12.5 Å². The van der Waals surface area contributed by atoms with Gasteiger partial charge in [-0.2, -0.15) is 0 Å². The van der Waals surface area contributed by atoms with E-state index in [9.17, 15) is 0 Å². The van der Waals surface area contributed by atoms with Crippen molar-refractivity contribution in [3.63, 3.8) is 0 Å². The molecule has 0 saturated carbocycles. The van der Waals surface area contributed by atoms with E-state index in [1.165, 1.54) is 24.1 Å². The topological polar surface area (TPSA) is 36.4 Å². The van der Waals surface area contributed by atoms with Crippen molar-refractivity contribution in [3.05, 3.63) is 21.4 Å². The molecule has 0 amide bonds. The monoisotopic (exact) mass is 351 g/mol. The summed E-state index contributed by atoms with van der Waals surface area (Å²) < 4.78 is 0. The molecule has 16 heavy (non-hydrogen) atoms. The van der Waals surface area contributed by atoms with E-state index >= 15 is 0 Å². The molecule has 0 saturated heterocycles. The second-order valence-corrected chi connectivity index (χ2v) is 4.91. The molecule has 1 aromatic heterocycles. The number of aliphatic imine (C=N–C) groups is 1. The van der Waals surface area contributed by atoms with Gasteiger partial charge in [0.05, 0.1) is 6.54 Å². The lowest BCUT2D eigenvalue weighted by atomic mass is 10.2. The van der Waals surface area contributed by atoms with Crippen LogP contribution in [0.4, 0.5) is 0 Å². The van der Waals surface area contributed by atoms with Gasteiger partial charge in [0, 0.05) is 23.8 Å². The molecule has 1 aromatic rings. The third kappa shape index (κ3) is 3.10. The summed E-state index contributed by atoms with van der Waals surface area (Å²) in [6.45, 7) is 0.880. The molecule has 0 fully saturated rings. The fourth-order valence-electron chi connectivity index (χ4n) is 1.93. The molecule has 3 nitrogen and oxygen atoms in total. The molecular formula is C11H18IN3S. The maximum absolute atomic E-state index is 4.08. The summed E-state index contributed by atoms with van der Waals surface area (Å²) in [5.74, 6) is 0.851. The number of halogens is 1. The summed E-state index contributed by atoms with van der Waals surface area (Å²) >= 11 is 1.94. The van der Waals surface area contributed by atoms with E-state index in [1.54, 1.807) is 17.5 Å². The fourth-order valence-corrected chi connectivity index (χ4v) is 3.13. The van der Waals surface area contributed by atoms with Gasteiger partial charge in [0.2, 0.25) is 0 Å². The van der Waals surface area contributed by atoms with Crippen LogP contribution in [-0.4, -0.2) is 20.1 Å². The first kappa shape index (κ1) is 13.8. The first-order valence-electron chi connectivity index (χ1n) is 5.32. The highest BCUT2D eigenvalue weighted by Crippen LogP contribution is 2.30. The Morgan fingerprint density at radius 3 is 2.94 bits per heavy atom. The molecule has 90 valence electrons. The minimum absolute atomic E-state index is 0. The minimum atomic E-state index is 0. The van der Waals surface area contributed by atoms with Crippen molar-refractivity contribution < 1.29 is 0 Å². The Labute approximate surface area is 118 Å². The van der Waals surface area contributed by atoms with Crippen LogP contribution in [0.3, 0.4) is 0 Å². The van der Waals surface area contributed by atoms with Crippen molar-refractivity contribution in [2.75, 3.05) is 14.1 Å². The lowest BCUT2D eigenvalue weighted by Gasteiger charge is -2.06. The van der Waals surface area contributed by atoms with Gasteiger partial charge in [-0.05, 0) is 30.9 Å². The maximum atomic E-state index is 4.08. The summed E-state index contributed by atoms with van der Waals surface area (Å²) in [6, 6.07) is 2.34. The number of fused-ring (bicyclic) bond motifs is 1. The van der Waals surface area contributed by atoms with Gasteiger partial charge in [-0.15, -0.1) is 35.3 Å². The first-order chi connectivity index (χ1) is 7.33. The fraction of sp³-hybridized carbons (Fsp3) is 0.545. The zero-order valence-corrected chi connectivity index (χ0v) is 12.8. The standard InChI is InChI=1S/C11H17N3S.HI/c1-12-11(13-2)14-7-9-6-8-4-3-5-10(8)15-9;/h6H,3-5,7H2,1-2H3,(H2,12,13,14);1H. The van der Waals surface area contributed by atoms with Crippen LogP contribution < -0.4 is 10.6 Å². The Morgan fingerprint density at radius 2 is 2.31 bits per heavy atom. The number of nitrogens with one attached hydrogen (secondary N) is 2. The van der Waals surface area contributed by atoms with E-state index in [1.807, 2.05) is 18.4 Å².